The van der Waals surface area contributed by atoms with E-state index in [-0.39, 0.29) is 0 Å². The van der Waals surface area contributed by atoms with Crippen LogP contribution < -0.4 is 0 Å². The summed E-state index contributed by atoms with van der Waals surface area (Å²) in [6.07, 6.45) is 1.80. The molecule has 3 heteroatoms. The molecule has 0 spiro atoms. The van der Waals surface area contributed by atoms with E-state index in [0.29, 0.717) is 0 Å². The fourth-order valence-corrected chi connectivity index (χ4v) is 5.75. The van der Waals surface area contributed by atoms with Gasteiger partial charge in [0.05, 0.1) is 17.1 Å². The summed E-state index contributed by atoms with van der Waals surface area (Å²) in [4.78, 5) is 9.44. The Bertz CT molecular complexity index is 2200. The maximum atomic E-state index is 6.48. The molecule has 8 rings (SSSR count). The Morgan fingerprint density at radius 1 is 0.415 bits per heavy atom. The van der Waals surface area contributed by atoms with E-state index in [4.69, 9.17) is 9.40 Å². The highest BCUT2D eigenvalue weighted by Crippen LogP contribution is 2.41. The first-order valence-electron chi connectivity index (χ1n) is 13.7. The smallest absolute Gasteiger partial charge is 0.143 e. The van der Waals surface area contributed by atoms with E-state index in [1.807, 2.05) is 36.4 Å². The van der Waals surface area contributed by atoms with Crippen LogP contribution in [0.15, 0.2) is 150 Å². The molecule has 0 aliphatic rings. The fourth-order valence-electron chi connectivity index (χ4n) is 5.75. The number of aromatic nitrogens is 2. The van der Waals surface area contributed by atoms with Crippen LogP contribution in [0.1, 0.15) is 0 Å². The summed E-state index contributed by atoms with van der Waals surface area (Å²) >= 11 is 0. The van der Waals surface area contributed by atoms with Crippen LogP contribution in [0, 0.1) is 0 Å². The average molecular weight is 525 g/mol. The zero-order valence-corrected chi connectivity index (χ0v) is 22.2. The lowest BCUT2D eigenvalue weighted by Crippen LogP contribution is -1.90. The summed E-state index contributed by atoms with van der Waals surface area (Å²) in [5, 5.41) is 4.51. The lowest BCUT2D eigenvalue weighted by atomic mass is 9.93. The van der Waals surface area contributed by atoms with Crippen LogP contribution in [-0.2, 0) is 0 Å². The number of hydrogen-bond donors (Lipinski definition) is 0. The van der Waals surface area contributed by atoms with E-state index in [0.717, 1.165) is 60.9 Å². The van der Waals surface area contributed by atoms with Crippen LogP contribution in [0.3, 0.4) is 0 Å². The summed E-state index contributed by atoms with van der Waals surface area (Å²) in [6, 6.07) is 48.4. The number of pyridine rings is 2. The van der Waals surface area contributed by atoms with Gasteiger partial charge >= 0.3 is 0 Å². The molecule has 0 N–H and O–H groups in total. The van der Waals surface area contributed by atoms with Gasteiger partial charge in [0, 0.05) is 27.9 Å². The molecule has 0 radical (unpaired) electrons. The third-order valence-electron chi connectivity index (χ3n) is 7.73. The topological polar surface area (TPSA) is 38.9 Å². The van der Waals surface area contributed by atoms with Crippen molar-refractivity contribution in [2.75, 3.05) is 0 Å². The van der Waals surface area contributed by atoms with Gasteiger partial charge in [-0.25, -0.2) is 4.98 Å². The minimum Gasteiger partial charge on any atom is -0.455 e. The third-order valence-corrected chi connectivity index (χ3v) is 7.73. The van der Waals surface area contributed by atoms with Crippen LogP contribution in [0.25, 0.3) is 77.6 Å². The number of rotatable bonds is 4. The largest absolute Gasteiger partial charge is 0.455 e. The average Bonchev–Trinajstić information content (AvgIpc) is 3.43. The number of nitrogens with zero attached hydrogens (tertiary/aromatic N) is 2. The SMILES string of the molecule is c1ccc(-c2ccc3oc4c5ccccc5c(-c5cccc(-c6cccc(-c7ccccn7)n6)c5)cc4c3c2)cc1. The summed E-state index contributed by atoms with van der Waals surface area (Å²) in [7, 11) is 0. The van der Waals surface area contributed by atoms with Gasteiger partial charge in [0.1, 0.15) is 11.2 Å². The van der Waals surface area contributed by atoms with E-state index in [1.165, 1.54) is 16.7 Å². The maximum Gasteiger partial charge on any atom is 0.143 e. The Morgan fingerprint density at radius 3 is 2.02 bits per heavy atom. The first-order valence-corrected chi connectivity index (χ1v) is 13.7. The first-order chi connectivity index (χ1) is 20.3. The summed E-state index contributed by atoms with van der Waals surface area (Å²) in [6.45, 7) is 0. The lowest BCUT2D eigenvalue weighted by molar-refractivity contribution is 0.673. The van der Waals surface area contributed by atoms with Gasteiger partial charge in [-0.15, -0.1) is 0 Å². The molecule has 0 atom stereocenters. The van der Waals surface area contributed by atoms with Crippen molar-refractivity contribution in [3.8, 4) is 44.9 Å². The number of hydrogen-bond acceptors (Lipinski definition) is 3. The van der Waals surface area contributed by atoms with Crippen LogP contribution in [0.4, 0.5) is 0 Å². The molecule has 3 heterocycles. The normalized spacial score (nSPS) is 11.4. The Balaban J connectivity index is 1.31. The van der Waals surface area contributed by atoms with Gasteiger partial charge in [-0.1, -0.05) is 91.0 Å². The molecule has 0 fully saturated rings. The van der Waals surface area contributed by atoms with Gasteiger partial charge in [0.2, 0.25) is 0 Å². The van der Waals surface area contributed by atoms with E-state index in [2.05, 4.69) is 108 Å². The van der Waals surface area contributed by atoms with E-state index < -0.39 is 0 Å². The van der Waals surface area contributed by atoms with E-state index in [9.17, 15) is 0 Å². The molecule has 0 amide bonds. The molecule has 0 unspecified atom stereocenters. The minimum atomic E-state index is 0.861. The molecule has 0 aliphatic carbocycles. The van der Waals surface area contributed by atoms with Gasteiger partial charge in [-0.2, -0.15) is 0 Å². The molecular weight excluding hydrogens is 500 g/mol. The van der Waals surface area contributed by atoms with Gasteiger partial charge < -0.3 is 4.42 Å². The molecule has 0 bridgehead atoms. The Morgan fingerprint density at radius 2 is 1.15 bits per heavy atom. The first kappa shape index (κ1) is 23.4. The molecule has 0 aliphatic heterocycles. The van der Waals surface area contributed by atoms with Crippen LogP contribution in [0.5, 0.6) is 0 Å². The molecule has 5 aromatic carbocycles. The van der Waals surface area contributed by atoms with E-state index >= 15 is 0 Å². The quantitative estimate of drug-likeness (QED) is 0.230. The molecule has 0 saturated heterocycles. The molecule has 0 saturated carbocycles. The summed E-state index contributed by atoms with van der Waals surface area (Å²) in [5.74, 6) is 0. The highest BCUT2D eigenvalue weighted by Gasteiger charge is 2.16. The molecule has 3 aromatic heterocycles. The molecule has 8 aromatic rings. The maximum absolute atomic E-state index is 6.48. The predicted molar refractivity (Wildman–Crippen MR) is 169 cm³/mol. The third kappa shape index (κ3) is 4.07. The molecule has 3 nitrogen and oxygen atoms in total. The van der Waals surface area contributed by atoms with Gasteiger partial charge in [-0.3, -0.25) is 4.98 Å². The van der Waals surface area contributed by atoms with Gasteiger partial charge in [0.15, 0.2) is 0 Å². The predicted octanol–water partition coefficient (Wildman–Crippen LogP) is 10.2. The number of furan rings is 1. The van der Waals surface area contributed by atoms with Crippen molar-refractivity contribution in [2.45, 2.75) is 0 Å². The Labute approximate surface area is 237 Å². The molecule has 192 valence electrons. The highest BCUT2D eigenvalue weighted by atomic mass is 16.3. The monoisotopic (exact) mass is 524 g/mol. The number of fused-ring (bicyclic) bond motifs is 5. The van der Waals surface area contributed by atoms with Crippen LogP contribution >= 0.6 is 0 Å². The lowest BCUT2D eigenvalue weighted by Gasteiger charge is -2.11. The Hall–Kier alpha value is -5.54. The van der Waals surface area contributed by atoms with Crippen molar-refractivity contribution in [1.82, 2.24) is 9.97 Å². The van der Waals surface area contributed by atoms with Gasteiger partial charge in [-0.05, 0) is 76.2 Å². The van der Waals surface area contributed by atoms with Crippen LogP contribution in [0.2, 0.25) is 0 Å². The zero-order valence-electron chi connectivity index (χ0n) is 22.2. The highest BCUT2D eigenvalue weighted by molar-refractivity contribution is 6.19. The second-order valence-electron chi connectivity index (χ2n) is 10.2. The van der Waals surface area contributed by atoms with Crippen molar-refractivity contribution in [2.24, 2.45) is 0 Å². The number of benzene rings is 5. The van der Waals surface area contributed by atoms with Gasteiger partial charge in [0.25, 0.3) is 0 Å². The second-order valence-corrected chi connectivity index (χ2v) is 10.2. The summed E-state index contributed by atoms with van der Waals surface area (Å²) < 4.78 is 6.48. The zero-order chi connectivity index (χ0) is 27.2. The Kier molecular flexibility index (Phi) is 5.46. The fraction of sp³-hybridized carbons (Fsp3) is 0. The van der Waals surface area contributed by atoms with Crippen molar-refractivity contribution in [1.29, 1.82) is 0 Å². The minimum absolute atomic E-state index is 0.861. The summed E-state index contributed by atoms with van der Waals surface area (Å²) in [5.41, 5.74) is 10.2. The van der Waals surface area contributed by atoms with E-state index in [1.54, 1.807) is 6.20 Å². The van der Waals surface area contributed by atoms with Crippen LogP contribution in [-0.4, -0.2) is 9.97 Å². The molecular formula is C38H24N2O. The molecule has 41 heavy (non-hydrogen) atoms. The standard InChI is InChI=1S/C38H24N2O/c1-2-10-25(11-3-1)26-19-20-37-32(23-26)33-24-31(29-14-4-5-15-30(29)38(33)41-37)27-12-8-13-28(22-27)34-17-9-18-36(40-34)35-16-6-7-21-39-35/h1-24H. The van der Waals surface area contributed by atoms with Crippen molar-refractivity contribution in [3.63, 3.8) is 0 Å². The van der Waals surface area contributed by atoms with Crippen molar-refractivity contribution in [3.05, 3.63) is 146 Å². The van der Waals surface area contributed by atoms with Crippen molar-refractivity contribution >= 4 is 32.7 Å². The van der Waals surface area contributed by atoms with Crippen molar-refractivity contribution < 1.29 is 4.42 Å². The second kappa shape index (κ2) is 9.58.